The molecule has 218 valence electrons. The minimum atomic E-state index is -3.90. The molecule has 2 aromatic heterocycles. The molecule has 0 bridgehead atoms. The van der Waals surface area contributed by atoms with Gasteiger partial charge in [0, 0.05) is 12.4 Å². The van der Waals surface area contributed by atoms with Crippen LogP contribution in [-0.2, 0) is 25.1 Å². The fourth-order valence-corrected chi connectivity index (χ4v) is 6.20. The SMILES string of the molecule is COc1cccc(OC)c1-n1c(CS(=O)(=O)[C@@H](C)[C@@H](OC(C)C)c2ncc(Cl)cn2)nnc1[C@@H]1CCC(C)(C)O1. The Morgan fingerprint density at radius 3 is 2.25 bits per heavy atom. The largest absolute Gasteiger partial charge is 0.494 e. The molecule has 1 aromatic carbocycles. The molecule has 1 saturated heterocycles. The zero-order valence-electron chi connectivity index (χ0n) is 23.8. The van der Waals surface area contributed by atoms with Gasteiger partial charge in [-0.05, 0) is 59.6 Å². The Hall–Kier alpha value is -2.80. The molecule has 0 unspecified atom stereocenters. The van der Waals surface area contributed by atoms with Crippen LogP contribution >= 0.6 is 11.6 Å². The van der Waals surface area contributed by atoms with Crippen LogP contribution in [0.4, 0.5) is 0 Å². The van der Waals surface area contributed by atoms with Gasteiger partial charge in [-0.3, -0.25) is 4.57 Å². The van der Waals surface area contributed by atoms with E-state index in [2.05, 4.69) is 20.2 Å². The Balaban J connectivity index is 1.80. The number of halogens is 1. The third-order valence-corrected chi connectivity index (χ3v) is 9.01. The number of benzene rings is 1. The van der Waals surface area contributed by atoms with Crippen molar-refractivity contribution in [3.05, 3.63) is 53.1 Å². The van der Waals surface area contributed by atoms with Gasteiger partial charge in [-0.1, -0.05) is 17.7 Å². The molecule has 0 saturated carbocycles. The highest BCUT2D eigenvalue weighted by molar-refractivity contribution is 7.91. The number of aromatic nitrogens is 5. The number of hydrogen-bond donors (Lipinski definition) is 0. The van der Waals surface area contributed by atoms with Gasteiger partial charge < -0.3 is 18.9 Å². The molecule has 3 atom stereocenters. The Labute approximate surface area is 240 Å². The highest BCUT2D eigenvalue weighted by Crippen LogP contribution is 2.42. The summed E-state index contributed by atoms with van der Waals surface area (Å²) < 4.78 is 53.2. The van der Waals surface area contributed by atoms with Gasteiger partial charge in [-0.25, -0.2) is 18.4 Å². The van der Waals surface area contributed by atoms with Crippen molar-refractivity contribution < 1.29 is 27.4 Å². The first-order chi connectivity index (χ1) is 18.9. The fourth-order valence-electron chi connectivity index (χ4n) is 4.74. The number of ether oxygens (including phenoxy) is 4. The molecule has 13 heteroatoms. The van der Waals surface area contributed by atoms with Gasteiger partial charge in [0.15, 0.2) is 27.3 Å². The van der Waals surface area contributed by atoms with Crippen molar-refractivity contribution in [1.29, 1.82) is 0 Å². The van der Waals surface area contributed by atoms with Gasteiger partial charge in [-0.2, -0.15) is 0 Å². The average Bonchev–Trinajstić information content (AvgIpc) is 3.48. The van der Waals surface area contributed by atoms with Crippen LogP contribution in [-0.4, -0.2) is 64.3 Å². The lowest BCUT2D eigenvalue weighted by Gasteiger charge is -2.25. The molecule has 0 amide bonds. The number of rotatable bonds is 11. The van der Waals surface area contributed by atoms with E-state index in [1.165, 1.54) is 26.6 Å². The lowest BCUT2D eigenvalue weighted by atomic mass is 10.1. The number of hydrogen-bond acceptors (Lipinski definition) is 10. The maximum atomic E-state index is 14.0. The molecule has 40 heavy (non-hydrogen) atoms. The summed E-state index contributed by atoms with van der Waals surface area (Å²) in [4.78, 5) is 8.48. The number of para-hydroxylation sites is 1. The molecule has 3 aromatic rings. The van der Waals surface area contributed by atoms with Crippen molar-refractivity contribution in [1.82, 2.24) is 24.7 Å². The summed E-state index contributed by atoms with van der Waals surface area (Å²) in [7, 11) is -0.828. The molecule has 1 aliphatic heterocycles. The fraction of sp³-hybridized carbons (Fsp3) is 0.556. The topological polar surface area (TPSA) is 128 Å². The number of sulfone groups is 1. The Morgan fingerprint density at radius 2 is 1.73 bits per heavy atom. The van der Waals surface area contributed by atoms with Crippen molar-refractivity contribution in [3.8, 4) is 17.2 Å². The van der Waals surface area contributed by atoms with Crippen LogP contribution < -0.4 is 9.47 Å². The van der Waals surface area contributed by atoms with Gasteiger partial charge in [0.25, 0.3) is 0 Å². The van der Waals surface area contributed by atoms with Gasteiger partial charge in [0.05, 0.1) is 36.2 Å². The quantitative estimate of drug-likeness (QED) is 0.305. The van der Waals surface area contributed by atoms with Crippen LogP contribution in [0.25, 0.3) is 5.69 Å². The first-order valence-corrected chi connectivity index (χ1v) is 15.1. The highest BCUT2D eigenvalue weighted by atomic mass is 35.5. The van der Waals surface area contributed by atoms with Crippen LogP contribution in [0.2, 0.25) is 5.02 Å². The van der Waals surface area contributed by atoms with Crippen LogP contribution in [0.5, 0.6) is 11.5 Å². The van der Waals surface area contributed by atoms with Crippen molar-refractivity contribution in [2.45, 2.75) is 82.4 Å². The van der Waals surface area contributed by atoms with E-state index < -0.39 is 33.0 Å². The highest BCUT2D eigenvalue weighted by Gasteiger charge is 2.39. The van der Waals surface area contributed by atoms with Gasteiger partial charge in [0.2, 0.25) is 0 Å². The zero-order valence-corrected chi connectivity index (χ0v) is 25.4. The monoisotopic (exact) mass is 593 g/mol. The van der Waals surface area contributed by atoms with E-state index in [4.69, 9.17) is 30.5 Å². The van der Waals surface area contributed by atoms with E-state index in [-0.39, 0.29) is 23.4 Å². The first-order valence-electron chi connectivity index (χ1n) is 13.0. The number of nitrogens with zero attached hydrogens (tertiary/aromatic N) is 5. The molecular weight excluding hydrogens is 558 g/mol. The van der Waals surface area contributed by atoms with Crippen LogP contribution in [0.3, 0.4) is 0 Å². The van der Waals surface area contributed by atoms with Crippen molar-refractivity contribution >= 4 is 21.4 Å². The smallest absolute Gasteiger partial charge is 0.167 e. The minimum Gasteiger partial charge on any atom is -0.494 e. The molecule has 0 N–H and O–H groups in total. The normalized spacial score (nSPS) is 18.6. The van der Waals surface area contributed by atoms with E-state index in [0.717, 1.165) is 6.42 Å². The van der Waals surface area contributed by atoms with E-state index >= 15 is 0 Å². The van der Waals surface area contributed by atoms with Crippen LogP contribution in [0.15, 0.2) is 30.6 Å². The lowest BCUT2D eigenvalue weighted by Crippen LogP contribution is -2.32. The van der Waals surface area contributed by atoms with Crippen molar-refractivity contribution in [3.63, 3.8) is 0 Å². The molecular formula is C27H36ClN5O6S. The Morgan fingerprint density at radius 1 is 1.10 bits per heavy atom. The van der Waals surface area contributed by atoms with Crippen LogP contribution in [0, 0.1) is 0 Å². The molecule has 3 heterocycles. The lowest BCUT2D eigenvalue weighted by molar-refractivity contribution is -0.0207. The van der Waals surface area contributed by atoms with Gasteiger partial charge in [0.1, 0.15) is 35.1 Å². The van der Waals surface area contributed by atoms with Crippen molar-refractivity contribution in [2.24, 2.45) is 0 Å². The summed E-state index contributed by atoms with van der Waals surface area (Å²) in [5, 5.41) is 8.12. The van der Waals surface area contributed by atoms with E-state index in [0.29, 0.717) is 34.5 Å². The van der Waals surface area contributed by atoms with Gasteiger partial charge >= 0.3 is 0 Å². The third kappa shape index (κ3) is 6.40. The second-order valence-electron chi connectivity index (χ2n) is 10.6. The van der Waals surface area contributed by atoms with E-state index in [9.17, 15) is 8.42 Å². The first kappa shape index (κ1) is 30.2. The van der Waals surface area contributed by atoms with Crippen molar-refractivity contribution in [2.75, 3.05) is 14.2 Å². The Bertz CT molecular complexity index is 1410. The molecule has 1 aliphatic rings. The summed E-state index contributed by atoms with van der Waals surface area (Å²) in [5.74, 6) is 1.40. The summed E-state index contributed by atoms with van der Waals surface area (Å²) in [5.41, 5.74) is 0.141. The third-order valence-electron chi connectivity index (χ3n) is 6.78. The molecule has 0 radical (unpaired) electrons. The van der Waals surface area contributed by atoms with Gasteiger partial charge in [-0.15, -0.1) is 10.2 Å². The predicted octanol–water partition coefficient (Wildman–Crippen LogP) is 4.83. The zero-order chi connectivity index (χ0) is 29.2. The maximum absolute atomic E-state index is 14.0. The standard InChI is InChI=1S/C27H36ClN5O6S/c1-16(2)38-24(25-29-13-18(28)14-30-25)17(3)40(34,35)15-22-31-32-26(21-11-12-27(4,5)39-21)33(22)23-19(36-6)9-8-10-20(23)37-7/h8-10,13-14,16-17,21,24H,11-12,15H2,1-7H3/t17-,21-,24+/m0/s1. The summed E-state index contributed by atoms with van der Waals surface area (Å²) in [6, 6.07) is 5.33. The second kappa shape index (κ2) is 12.0. The summed E-state index contributed by atoms with van der Waals surface area (Å²) >= 11 is 5.96. The summed E-state index contributed by atoms with van der Waals surface area (Å²) in [6.07, 6.45) is 2.73. The molecule has 0 spiro atoms. The number of methoxy groups -OCH3 is 2. The molecule has 0 aliphatic carbocycles. The maximum Gasteiger partial charge on any atom is 0.167 e. The molecule has 4 rings (SSSR count). The minimum absolute atomic E-state index is 0.193. The molecule has 11 nitrogen and oxygen atoms in total. The second-order valence-corrected chi connectivity index (χ2v) is 13.4. The average molecular weight is 594 g/mol. The van der Waals surface area contributed by atoms with E-state index in [1.54, 1.807) is 29.7 Å². The molecule has 1 fully saturated rings. The predicted molar refractivity (Wildman–Crippen MR) is 150 cm³/mol. The van der Waals surface area contributed by atoms with Crippen LogP contribution in [0.1, 0.15) is 77.1 Å². The summed E-state index contributed by atoms with van der Waals surface area (Å²) in [6.45, 7) is 9.24. The van der Waals surface area contributed by atoms with E-state index in [1.807, 2.05) is 27.7 Å². The Kier molecular flexibility index (Phi) is 9.03.